The van der Waals surface area contributed by atoms with E-state index in [4.69, 9.17) is 11.6 Å². The van der Waals surface area contributed by atoms with E-state index in [0.717, 1.165) is 5.56 Å². The van der Waals surface area contributed by atoms with E-state index in [2.05, 4.69) is 5.32 Å². The number of rotatable bonds is 3. The molecule has 0 fully saturated rings. The van der Waals surface area contributed by atoms with Gasteiger partial charge in [-0.3, -0.25) is 9.59 Å². The first kappa shape index (κ1) is 14.6. The van der Waals surface area contributed by atoms with Crippen LogP contribution in [-0.2, 0) is 9.59 Å². The molecule has 2 rings (SSSR count). The number of halogens is 1. The summed E-state index contributed by atoms with van der Waals surface area (Å²) in [5.41, 5.74) is 1.40. The maximum absolute atomic E-state index is 12.3. The smallest absolute Gasteiger partial charge is 0.307 e. The number of carboxylic acids is 1. The summed E-state index contributed by atoms with van der Waals surface area (Å²) >= 11 is 6.01. The lowest BCUT2D eigenvalue weighted by molar-refractivity contribution is -0.146. The van der Waals surface area contributed by atoms with Crippen LogP contribution in [-0.4, -0.2) is 17.0 Å². The molecule has 0 unspecified atom stereocenters. The molecule has 1 amide bonds. The SMILES string of the molecule is Cc1c(Cl)cccc1NC(=O)[C@@H]1CC=CC[C@H]1C(=O)O. The van der Waals surface area contributed by atoms with Gasteiger partial charge in [-0.25, -0.2) is 0 Å². The second kappa shape index (κ2) is 6.09. The zero-order valence-corrected chi connectivity index (χ0v) is 11.9. The largest absolute Gasteiger partial charge is 0.481 e. The van der Waals surface area contributed by atoms with Gasteiger partial charge in [-0.1, -0.05) is 29.8 Å². The lowest BCUT2D eigenvalue weighted by atomic mass is 9.82. The van der Waals surface area contributed by atoms with Crippen molar-refractivity contribution in [2.45, 2.75) is 19.8 Å². The Morgan fingerprint density at radius 3 is 2.55 bits per heavy atom. The highest BCUT2D eigenvalue weighted by molar-refractivity contribution is 6.31. The van der Waals surface area contributed by atoms with E-state index < -0.39 is 17.8 Å². The number of hydrogen-bond acceptors (Lipinski definition) is 2. The van der Waals surface area contributed by atoms with Gasteiger partial charge >= 0.3 is 5.97 Å². The number of benzene rings is 1. The third kappa shape index (κ3) is 3.02. The van der Waals surface area contributed by atoms with Gasteiger partial charge in [0.1, 0.15) is 0 Å². The van der Waals surface area contributed by atoms with E-state index >= 15 is 0 Å². The van der Waals surface area contributed by atoms with Crippen LogP contribution >= 0.6 is 11.6 Å². The quantitative estimate of drug-likeness (QED) is 0.841. The average Bonchev–Trinajstić information content (AvgIpc) is 2.43. The first-order chi connectivity index (χ1) is 9.50. The zero-order valence-electron chi connectivity index (χ0n) is 11.1. The molecule has 20 heavy (non-hydrogen) atoms. The highest BCUT2D eigenvalue weighted by Gasteiger charge is 2.34. The lowest BCUT2D eigenvalue weighted by Crippen LogP contribution is -2.34. The fourth-order valence-corrected chi connectivity index (χ4v) is 2.52. The van der Waals surface area contributed by atoms with Gasteiger partial charge in [-0.05, 0) is 37.5 Å². The third-order valence-corrected chi connectivity index (χ3v) is 4.02. The molecule has 0 aromatic heterocycles. The van der Waals surface area contributed by atoms with Crippen molar-refractivity contribution in [2.24, 2.45) is 11.8 Å². The van der Waals surface area contributed by atoms with Crippen LogP contribution in [0.2, 0.25) is 5.02 Å². The van der Waals surface area contributed by atoms with Crippen LogP contribution in [0, 0.1) is 18.8 Å². The highest BCUT2D eigenvalue weighted by Crippen LogP contribution is 2.29. The topological polar surface area (TPSA) is 66.4 Å². The summed E-state index contributed by atoms with van der Waals surface area (Å²) in [5, 5.41) is 12.5. The number of allylic oxidation sites excluding steroid dienone is 2. The molecule has 4 nitrogen and oxygen atoms in total. The van der Waals surface area contributed by atoms with Crippen molar-refractivity contribution in [1.29, 1.82) is 0 Å². The summed E-state index contributed by atoms with van der Waals surface area (Å²) in [7, 11) is 0. The summed E-state index contributed by atoms with van der Waals surface area (Å²) in [5.74, 6) is -2.42. The van der Waals surface area contributed by atoms with Gasteiger partial charge in [0.25, 0.3) is 0 Å². The van der Waals surface area contributed by atoms with E-state index in [1.165, 1.54) is 0 Å². The lowest BCUT2D eigenvalue weighted by Gasteiger charge is -2.24. The van der Waals surface area contributed by atoms with Crippen LogP contribution in [0.15, 0.2) is 30.4 Å². The molecule has 1 aliphatic rings. The minimum absolute atomic E-state index is 0.271. The predicted octanol–water partition coefficient (Wildman–Crippen LogP) is 3.25. The summed E-state index contributed by atoms with van der Waals surface area (Å²) in [4.78, 5) is 23.5. The summed E-state index contributed by atoms with van der Waals surface area (Å²) < 4.78 is 0. The molecule has 0 saturated heterocycles. The van der Waals surface area contributed by atoms with Crippen molar-refractivity contribution in [2.75, 3.05) is 5.32 Å². The van der Waals surface area contributed by atoms with Crippen molar-refractivity contribution in [1.82, 2.24) is 0 Å². The number of anilines is 1. The molecule has 0 spiro atoms. The average molecular weight is 294 g/mol. The number of nitrogens with one attached hydrogen (secondary N) is 1. The van der Waals surface area contributed by atoms with Crippen molar-refractivity contribution in [3.63, 3.8) is 0 Å². The monoisotopic (exact) mass is 293 g/mol. The molecule has 0 heterocycles. The van der Waals surface area contributed by atoms with Gasteiger partial charge in [0.15, 0.2) is 0 Å². The second-order valence-electron chi connectivity index (χ2n) is 4.90. The van der Waals surface area contributed by atoms with Gasteiger partial charge in [-0.2, -0.15) is 0 Å². The minimum atomic E-state index is -0.933. The molecular weight excluding hydrogens is 278 g/mol. The van der Waals surface area contributed by atoms with Gasteiger partial charge in [0.05, 0.1) is 11.8 Å². The zero-order chi connectivity index (χ0) is 14.7. The van der Waals surface area contributed by atoms with Crippen molar-refractivity contribution in [3.8, 4) is 0 Å². The van der Waals surface area contributed by atoms with E-state index in [-0.39, 0.29) is 5.91 Å². The molecule has 0 bridgehead atoms. The Labute approximate surface area is 122 Å². The summed E-state index contributed by atoms with van der Waals surface area (Å²) in [6, 6.07) is 5.25. The van der Waals surface area contributed by atoms with Crippen LogP contribution in [0.25, 0.3) is 0 Å². The molecule has 0 saturated carbocycles. The number of aliphatic carboxylic acids is 1. The maximum atomic E-state index is 12.3. The van der Waals surface area contributed by atoms with Gasteiger partial charge < -0.3 is 10.4 Å². The molecule has 1 aromatic rings. The fraction of sp³-hybridized carbons (Fsp3) is 0.333. The number of carbonyl (C=O) groups is 2. The molecule has 2 N–H and O–H groups in total. The Bertz CT molecular complexity index is 568. The molecule has 0 aliphatic heterocycles. The molecule has 2 atom stereocenters. The maximum Gasteiger partial charge on any atom is 0.307 e. The molecule has 1 aliphatic carbocycles. The molecule has 0 radical (unpaired) electrons. The fourth-order valence-electron chi connectivity index (χ4n) is 2.35. The number of carbonyl (C=O) groups excluding carboxylic acids is 1. The first-order valence-corrected chi connectivity index (χ1v) is 6.82. The standard InChI is InChI=1S/C15H16ClNO3/c1-9-12(16)7-4-8-13(9)17-14(18)10-5-2-3-6-11(10)15(19)20/h2-4,7-8,10-11H,5-6H2,1H3,(H,17,18)(H,19,20)/t10-,11-/m1/s1. The number of amides is 1. The first-order valence-electron chi connectivity index (χ1n) is 6.44. The molecule has 1 aromatic carbocycles. The Hall–Kier alpha value is -1.81. The van der Waals surface area contributed by atoms with Crippen LogP contribution in [0.3, 0.4) is 0 Å². The van der Waals surface area contributed by atoms with E-state index in [9.17, 15) is 14.7 Å². The van der Waals surface area contributed by atoms with E-state index in [1.54, 1.807) is 18.2 Å². The van der Waals surface area contributed by atoms with Crippen LogP contribution < -0.4 is 5.32 Å². The Kier molecular flexibility index (Phi) is 4.45. The Balaban J connectivity index is 2.17. The number of carboxylic acid groups (broad SMARTS) is 1. The molecule has 5 heteroatoms. The van der Waals surface area contributed by atoms with Crippen molar-refractivity contribution < 1.29 is 14.7 Å². The van der Waals surface area contributed by atoms with Gasteiger partial charge in [-0.15, -0.1) is 0 Å². The van der Waals surface area contributed by atoms with E-state index in [0.29, 0.717) is 23.6 Å². The van der Waals surface area contributed by atoms with Crippen LogP contribution in [0.5, 0.6) is 0 Å². The number of hydrogen-bond donors (Lipinski definition) is 2. The Morgan fingerprint density at radius 2 is 1.90 bits per heavy atom. The summed E-state index contributed by atoms with van der Waals surface area (Å²) in [6.07, 6.45) is 4.51. The Morgan fingerprint density at radius 1 is 1.25 bits per heavy atom. The third-order valence-electron chi connectivity index (χ3n) is 3.61. The van der Waals surface area contributed by atoms with Crippen molar-refractivity contribution in [3.05, 3.63) is 40.9 Å². The normalized spacial score (nSPS) is 21.5. The highest BCUT2D eigenvalue weighted by atomic mass is 35.5. The van der Waals surface area contributed by atoms with E-state index in [1.807, 2.05) is 19.1 Å². The van der Waals surface area contributed by atoms with Crippen LogP contribution in [0.1, 0.15) is 18.4 Å². The predicted molar refractivity (Wildman–Crippen MR) is 77.8 cm³/mol. The van der Waals surface area contributed by atoms with Crippen molar-refractivity contribution >= 4 is 29.2 Å². The minimum Gasteiger partial charge on any atom is -0.481 e. The summed E-state index contributed by atoms with van der Waals surface area (Å²) in [6.45, 7) is 1.81. The molecular formula is C15H16ClNO3. The van der Waals surface area contributed by atoms with Gasteiger partial charge in [0.2, 0.25) is 5.91 Å². The van der Waals surface area contributed by atoms with Gasteiger partial charge in [0, 0.05) is 10.7 Å². The van der Waals surface area contributed by atoms with Crippen LogP contribution in [0.4, 0.5) is 5.69 Å². The molecule has 106 valence electrons. The second-order valence-corrected chi connectivity index (χ2v) is 5.30.